The molecule has 0 aliphatic carbocycles. The van der Waals surface area contributed by atoms with E-state index in [4.69, 9.17) is 16.3 Å². The van der Waals surface area contributed by atoms with Gasteiger partial charge in [-0.3, -0.25) is 4.79 Å². The molecule has 0 saturated heterocycles. The number of carbonyl (C=O) groups excluding carboxylic acids is 2. The lowest BCUT2D eigenvalue weighted by atomic mass is 10.0. The smallest absolute Gasteiger partial charge is 0.341 e. The van der Waals surface area contributed by atoms with Gasteiger partial charge in [-0.2, -0.15) is 0 Å². The molecule has 2 aromatic carbocycles. The molecule has 0 bridgehead atoms. The summed E-state index contributed by atoms with van der Waals surface area (Å²) in [6, 6.07) is 7.73. The van der Waals surface area contributed by atoms with Gasteiger partial charge in [0.05, 0.1) is 19.2 Å². The Labute approximate surface area is 155 Å². The van der Waals surface area contributed by atoms with Crippen molar-refractivity contribution in [3.8, 4) is 17.2 Å². The third-order valence-corrected chi connectivity index (χ3v) is 4.11. The maximum absolute atomic E-state index is 12.1. The van der Waals surface area contributed by atoms with Crippen molar-refractivity contribution in [2.75, 3.05) is 19.5 Å². The lowest BCUT2D eigenvalue weighted by Gasteiger charge is -2.13. The monoisotopic (exact) mass is 379 g/mol. The first kappa shape index (κ1) is 19.4. The van der Waals surface area contributed by atoms with Crippen LogP contribution in [0.5, 0.6) is 17.2 Å². The van der Waals surface area contributed by atoms with E-state index in [0.717, 1.165) is 13.2 Å². The largest absolute Gasteiger partial charge is 0.507 e. The minimum absolute atomic E-state index is 0.0210. The molecule has 0 unspecified atom stereocenters. The molecule has 0 radical (unpaired) electrons. The Morgan fingerprint density at radius 1 is 1.12 bits per heavy atom. The summed E-state index contributed by atoms with van der Waals surface area (Å²) in [5.41, 5.74) is 0.544. The summed E-state index contributed by atoms with van der Waals surface area (Å²) in [5, 5.41) is 22.3. The molecule has 3 N–H and O–H groups in total. The normalized spacial score (nSPS) is 10.3. The Balaban J connectivity index is 2.15. The van der Waals surface area contributed by atoms with Crippen LogP contribution in [0.3, 0.4) is 0 Å². The van der Waals surface area contributed by atoms with Crippen LogP contribution in [0, 0.1) is 0 Å². The van der Waals surface area contributed by atoms with Gasteiger partial charge in [0.15, 0.2) is 0 Å². The zero-order valence-electron chi connectivity index (χ0n) is 14.2. The third-order valence-electron chi connectivity index (χ3n) is 3.69. The minimum Gasteiger partial charge on any atom is -0.507 e. The number of anilines is 1. The number of methoxy groups -OCH3 is 2. The van der Waals surface area contributed by atoms with E-state index in [1.807, 2.05) is 0 Å². The quantitative estimate of drug-likeness (QED) is 0.666. The topological polar surface area (TPSA) is 105 Å². The standard InChI is InChI=1S/C18H18ClNO6/c1-25-11-5-3-10(4-6-11)20-15(23)8-7-12-16(18(24)26-2)13(21)9-14(22)17(12)19/h3-6,9,21-22H,7-8H2,1-2H3,(H,20,23). The maximum Gasteiger partial charge on any atom is 0.341 e. The molecule has 26 heavy (non-hydrogen) atoms. The molecule has 7 nitrogen and oxygen atoms in total. The summed E-state index contributed by atoms with van der Waals surface area (Å²) >= 11 is 6.03. The second-order valence-corrected chi connectivity index (χ2v) is 5.73. The predicted molar refractivity (Wildman–Crippen MR) is 96.1 cm³/mol. The van der Waals surface area contributed by atoms with Gasteiger partial charge in [0.2, 0.25) is 5.91 Å². The van der Waals surface area contributed by atoms with Crippen molar-refractivity contribution in [3.05, 3.63) is 46.5 Å². The van der Waals surface area contributed by atoms with Crippen LogP contribution in [0.15, 0.2) is 30.3 Å². The summed E-state index contributed by atoms with van der Waals surface area (Å²) in [7, 11) is 2.70. The molecule has 138 valence electrons. The first-order chi connectivity index (χ1) is 12.4. The SMILES string of the molecule is COC(=O)c1c(O)cc(O)c(Cl)c1CCC(=O)Nc1ccc(OC)cc1. The number of aromatic hydroxyl groups is 2. The molecular formula is C18H18ClNO6. The predicted octanol–water partition coefficient (Wildman–Crippen LogP) is 3.12. The highest BCUT2D eigenvalue weighted by Crippen LogP contribution is 2.37. The molecule has 0 aliphatic rings. The number of phenolic OH excluding ortho intramolecular Hbond substituents is 2. The van der Waals surface area contributed by atoms with Gasteiger partial charge in [-0.05, 0) is 36.2 Å². The lowest BCUT2D eigenvalue weighted by Crippen LogP contribution is -2.14. The number of rotatable bonds is 6. The fourth-order valence-corrected chi connectivity index (χ4v) is 2.63. The number of carbonyl (C=O) groups is 2. The van der Waals surface area contributed by atoms with E-state index in [1.54, 1.807) is 31.4 Å². The number of esters is 1. The van der Waals surface area contributed by atoms with Crippen molar-refractivity contribution < 1.29 is 29.3 Å². The fourth-order valence-electron chi connectivity index (χ4n) is 2.38. The number of nitrogens with one attached hydrogen (secondary N) is 1. The molecule has 8 heteroatoms. The van der Waals surface area contributed by atoms with Crippen molar-refractivity contribution in [1.82, 2.24) is 0 Å². The molecule has 0 spiro atoms. The summed E-state index contributed by atoms with van der Waals surface area (Å²) < 4.78 is 9.67. The van der Waals surface area contributed by atoms with Gasteiger partial charge in [-0.15, -0.1) is 0 Å². The van der Waals surface area contributed by atoms with Gasteiger partial charge < -0.3 is 25.0 Å². The van der Waals surface area contributed by atoms with Crippen LogP contribution in [0.25, 0.3) is 0 Å². The molecule has 0 aromatic heterocycles. The molecule has 1 amide bonds. The van der Waals surface area contributed by atoms with E-state index in [2.05, 4.69) is 10.1 Å². The molecule has 0 aliphatic heterocycles. The van der Waals surface area contributed by atoms with Crippen molar-refractivity contribution in [2.45, 2.75) is 12.8 Å². The van der Waals surface area contributed by atoms with Gasteiger partial charge in [0, 0.05) is 18.2 Å². The number of ether oxygens (including phenoxy) is 2. The van der Waals surface area contributed by atoms with Crippen LogP contribution in [0.4, 0.5) is 5.69 Å². The highest BCUT2D eigenvalue weighted by molar-refractivity contribution is 6.33. The van der Waals surface area contributed by atoms with Crippen molar-refractivity contribution in [2.24, 2.45) is 0 Å². The Kier molecular flexibility index (Phi) is 6.30. The number of hydrogen-bond donors (Lipinski definition) is 3. The van der Waals surface area contributed by atoms with Gasteiger partial charge in [0.25, 0.3) is 0 Å². The maximum atomic E-state index is 12.1. The molecule has 0 fully saturated rings. The van der Waals surface area contributed by atoms with E-state index < -0.39 is 11.7 Å². The van der Waals surface area contributed by atoms with E-state index in [0.29, 0.717) is 11.4 Å². The minimum atomic E-state index is -0.810. The van der Waals surface area contributed by atoms with Crippen LogP contribution in [0.1, 0.15) is 22.3 Å². The van der Waals surface area contributed by atoms with Gasteiger partial charge in [0.1, 0.15) is 22.8 Å². The molecule has 0 atom stereocenters. The lowest BCUT2D eigenvalue weighted by molar-refractivity contribution is -0.116. The van der Waals surface area contributed by atoms with Crippen molar-refractivity contribution in [3.63, 3.8) is 0 Å². The molecule has 2 rings (SSSR count). The zero-order valence-corrected chi connectivity index (χ0v) is 15.0. The van der Waals surface area contributed by atoms with E-state index in [-0.39, 0.29) is 40.6 Å². The van der Waals surface area contributed by atoms with Gasteiger partial charge in [-0.1, -0.05) is 11.6 Å². The second kappa shape index (κ2) is 8.44. The molecular weight excluding hydrogens is 362 g/mol. The van der Waals surface area contributed by atoms with Gasteiger partial charge >= 0.3 is 5.97 Å². The summed E-state index contributed by atoms with van der Waals surface area (Å²) in [4.78, 5) is 24.0. The first-order valence-corrected chi connectivity index (χ1v) is 8.00. The van der Waals surface area contributed by atoms with E-state index in [9.17, 15) is 19.8 Å². The number of amides is 1. The Morgan fingerprint density at radius 2 is 1.77 bits per heavy atom. The highest BCUT2D eigenvalue weighted by Gasteiger charge is 2.23. The average Bonchev–Trinajstić information content (AvgIpc) is 2.63. The van der Waals surface area contributed by atoms with Crippen LogP contribution in [-0.2, 0) is 16.0 Å². The third kappa shape index (κ3) is 4.37. The molecule has 0 saturated carbocycles. The van der Waals surface area contributed by atoms with E-state index in [1.165, 1.54) is 0 Å². The van der Waals surface area contributed by atoms with Crippen molar-refractivity contribution >= 4 is 29.2 Å². The van der Waals surface area contributed by atoms with E-state index >= 15 is 0 Å². The Morgan fingerprint density at radius 3 is 2.35 bits per heavy atom. The second-order valence-electron chi connectivity index (χ2n) is 5.35. The van der Waals surface area contributed by atoms with Crippen LogP contribution >= 0.6 is 11.6 Å². The number of benzene rings is 2. The van der Waals surface area contributed by atoms with Crippen LogP contribution < -0.4 is 10.1 Å². The summed E-state index contributed by atoms with van der Waals surface area (Å²) in [6.45, 7) is 0. The summed E-state index contributed by atoms with van der Waals surface area (Å²) in [5.74, 6) is -1.33. The number of phenols is 2. The van der Waals surface area contributed by atoms with Crippen molar-refractivity contribution in [1.29, 1.82) is 0 Å². The fraction of sp³-hybridized carbons (Fsp3) is 0.222. The van der Waals surface area contributed by atoms with Gasteiger partial charge in [-0.25, -0.2) is 4.79 Å². The Bertz CT molecular complexity index is 819. The molecule has 0 heterocycles. The average molecular weight is 380 g/mol. The number of hydrogen-bond acceptors (Lipinski definition) is 6. The zero-order chi connectivity index (χ0) is 19.3. The summed E-state index contributed by atoms with van der Waals surface area (Å²) in [6.07, 6.45) is -0.00808. The Hall–Kier alpha value is -2.93. The first-order valence-electron chi connectivity index (χ1n) is 7.63. The number of halogens is 1. The van der Waals surface area contributed by atoms with Crippen LogP contribution in [-0.4, -0.2) is 36.3 Å². The van der Waals surface area contributed by atoms with Crippen LogP contribution in [0.2, 0.25) is 5.02 Å². The molecule has 2 aromatic rings. The highest BCUT2D eigenvalue weighted by atomic mass is 35.5.